The molecule has 0 atom stereocenters. The monoisotopic (exact) mass is 279 g/mol. The Hall–Kier alpha value is -1.58. The third-order valence-electron chi connectivity index (χ3n) is 2.99. The van der Waals surface area contributed by atoms with Crippen molar-refractivity contribution in [1.82, 2.24) is 0 Å². The second-order valence-corrected chi connectivity index (χ2v) is 4.82. The van der Waals surface area contributed by atoms with E-state index >= 15 is 0 Å². The summed E-state index contributed by atoms with van der Waals surface area (Å²) in [5, 5.41) is 9.93. The van der Waals surface area contributed by atoms with E-state index in [1.165, 1.54) is 6.07 Å². The van der Waals surface area contributed by atoms with Crippen LogP contribution in [0.1, 0.15) is 11.1 Å². The molecule has 100 valence electrons. The summed E-state index contributed by atoms with van der Waals surface area (Å²) in [4.78, 5) is 1.87. The second-order valence-electron chi connectivity index (χ2n) is 4.38. The fraction of sp³-hybridized carbons (Fsp3) is 0.200. The quantitative estimate of drug-likeness (QED) is 0.924. The van der Waals surface area contributed by atoms with Crippen molar-refractivity contribution >= 4 is 17.3 Å². The Bertz CT molecular complexity index is 574. The predicted molar refractivity (Wildman–Crippen MR) is 75.9 cm³/mol. The molecule has 2 aromatic carbocycles. The second kappa shape index (κ2) is 6.04. The number of nitrogens with zero attached hydrogens (tertiary/aromatic N) is 1. The van der Waals surface area contributed by atoms with E-state index < -0.39 is 0 Å². The first kappa shape index (κ1) is 13.8. The van der Waals surface area contributed by atoms with Gasteiger partial charge < -0.3 is 10.0 Å². The third kappa shape index (κ3) is 3.25. The van der Waals surface area contributed by atoms with Crippen molar-refractivity contribution in [3.8, 4) is 0 Å². The number of aliphatic hydroxyl groups excluding tert-OH is 1. The normalized spacial score (nSPS) is 10.5. The van der Waals surface area contributed by atoms with E-state index in [0.29, 0.717) is 17.1 Å². The van der Waals surface area contributed by atoms with Crippen molar-refractivity contribution in [1.29, 1.82) is 0 Å². The van der Waals surface area contributed by atoms with Gasteiger partial charge in [-0.25, -0.2) is 4.39 Å². The number of hydrogen-bond donors (Lipinski definition) is 1. The summed E-state index contributed by atoms with van der Waals surface area (Å²) in [7, 11) is 1.84. The summed E-state index contributed by atoms with van der Waals surface area (Å²) in [6.07, 6.45) is 0. The van der Waals surface area contributed by atoms with Gasteiger partial charge in [-0.2, -0.15) is 0 Å². The van der Waals surface area contributed by atoms with Crippen LogP contribution in [-0.4, -0.2) is 12.2 Å². The molecule has 0 bridgehead atoms. The number of hydrogen-bond acceptors (Lipinski definition) is 2. The fourth-order valence-electron chi connectivity index (χ4n) is 1.99. The van der Waals surface area contributed by atoms with Crippen LogP contribution in [-0.2, 0) is 13.2 Å². The molecular weight excluding hydrogens is 265 g/mol. The van der Waals surface area contributed by atoms with Crippen LogP contribution in [0, 0.1) is 5.82 Å². The van der Waals surface area contributed by atoms with Crippen molar-refractivity contribution < 1.29 is 9.50 Å². The molecule has 1 N–H and O–H groups in total. The van der Waals surface area contributed by atoms with Crippen molar-refractivity contribution in [2.75, 3.05) is 11.9 Å². The summed E-state index contributed by atoms with van der Waals surface area (Å²) in [5.41, 5.74) is 2.18. The number of benzene rings is 2. The molecular formula is C15H15ClFNO. The van der Waals surface area contributed by atoms with Gasteiger partial charge in [0.15, 0.2) is 0 Å². The Morgan fingerprint density at radius 1 is 1.16 bits per heavy atom. The highest BCUT2D eigenvalue weighted by Gasteiger charge is 2.10. The van der Waals surface area contributed by atoms with Gasteiger partial charge in [0.2, 0.25) is 0 Å². The molecule has 0 aromatic heterocycles. The maximum absolute atomic E-state index is 13.6. The number of rotatable bonds is 4. The van der Waals surface area contributed by atoms with Crippen LogP contribution in [0.3, 0.4) is 0 Å². The van der Waals surface area contributed by atoms with Gasteiger partial charge in [0.1, 0.15) is 5.82 Å². The highest BCUT2D eigenvalue weighted by molar-refractivity contribution is 6.30. The Kier molecular flexibility index (Phi) is 4.40. The van der Waals surface area contributed by atoms with Crippen LogP contribution >= 0.6 is 11.6 Å². The molecule has 2 aromatic rings. The lowest BCUT2D eigenvalue weighted by atomic mass is 10.1. The minimum atomic E-state index is -0.234. The van der Waals surface area contributed by atoms with Gasteiger partial charge >= 0.3 is 0 Å². The van der Waals surface area contributed by atoms with E-state index in [4.69, 9.17) is 11.6 Å². The van der Waals surface area contributed by atoms with Gasteiger partial charge in [0.25, 0.3) is 0 Å². The first-order valence-electron chi connectivity index (χ1n) is 5.95. The minimum Gasteiger partial charge on any atom is -0.392 e. The van der Waals surface area contributed by atoms with Gasteiger partial charge in [0.05, 0.1) is 6.61 Å². The molecule has 0 radical (unpaired) electrons. The van der Waals surface area contributed by atoms with Gasteiger partial charge in [-0.05, 0) is 18.2 Å². The van der Waals surface area contributed by atoms with Gasteiger partial charge in [-0.3, -0.25) is 0 Å². The van der Waals surface area contributed by atoms with Crippen molar-refractivity contribution in [3.05, 3.63) is 64.4 Å². The highest BCUT2D eigenvalue weighted by Crippen LogP contribution is 2.25. The maximum atomic E-state index is 13.6. The van der Waals surface area contributed by atoms with E-state index in [-0.39, 0.29) is 12.4 Å². The molecule has 2 rings (SSSR count). The van der Waals surface area contributed by atoms with Crippen molar-refractivity contribution in [2.24, 2.45) is 0 Å². The summed E-state index contributed by atoms with van der Waals surface area (Å²) in [5.74, 6) is -0.234. The van der Waals surface area contributed by atoms with Gasteiger partial charge in [-0.1, -0.05) is 35.9 Å². The zero-order valence-electron chi connectivity index (χ0n) is 10.6. The van der Waals surface area contributed by atoms with E-state index in [2.05, 4.69) is 0 Å². The summed E-state index contributed by atoms with van der Waals surface area (Å²) in [6.45, 7) is 0.341. The molecule has 0 saturated carbocycles. The first-order valence-corrected chi connectivity index (χ1v) is 6.33. The molecule has 0 fully saturated rings. The fourth-order valence-corrected chi connectivity index (χ4v) is 2.16. The smallest absolute Gasteiger partial charge is 0.128 e. The number of anilines is 1. The molecule has 2 nitrogen and oxygen atoms in total. The average molecular weight is 280 g/mol. The Morgan fingerprint density at radius 3 is 2.58 bits per heavy atom. The Morgan fingerprint density at radius 2 is 1.89 bits per heavy atom. The first-order chi connectivity index (χ1) is 9.11. The van der Waals surface area contributed by atoms with Crippen LogP contribution < -0.4 is 4.90 Å². The van der Waals surface area contributed by atoms with E-state index in [1.807, 2.05) is 11.9 Å². The van der Waals surface area contributed by atoms with E-state index in [1.54, 1.807) is 36.4 Å². The van der Waals surface area contributed by atoms with Crippen LogP contribution in [0.25, 0.3) is 0 Å². The topological polar surface area (TPSA) is 23.5 Å². The molecule has 0 amide bonds. The molecule has 0 spiro atoms. The molecule has 0 unspecified atom stereocenters. The Balaban J connectivity index is 2.27. The standard InChI is InChI=1S/C15H15ClFNO/c1-18(9-11-4-2-3-5-14(11)17)15-8-13(16)7-6-12(15)10-19/h2-8,19H,9-10H2,1H3. The molecule has 0 aliphatic carbocycles. The lowest BCUT2D eigenvalue weighted by molar-refractivity contribution is 0.282. The van der Waals surface area contributed by atoms with Crippen molar-refractivity contribution in [3.63, 3.8) is 0 Å². The molecule has 0 aliphatic rings. The average Bonchev–Trinajstić information content (AvgIpc) is 2.41. The van der Waals surface area contributed by atoms with Crippen LogP contribution in [0.15, 0.2) is 42.5 Å². The summed E-state index contributed by atoms with van der Waals surface area (Å²) in [6, 6.07) is 11.9. The summed E-state index contributed by atoms with van der Waals surface area (Å²) >= 11 is 5.97. The van der Waals surface area contributed by atoms with Gasteiger partial charge in [0, 0.05) is 35.4 Å². The zero-order valence-corrected chi connectivity index (χ0v) is 11.4. The van der Waals surface area contributed by atoms with Crippen LogP contribution in [0.4, 0.5) is 10.1 Å². The molecule has 4 heteroatoms. The predicted octanol–water partition coefficient (Wildman–Crippen LogP) is 3.61. The molecule has 0 saturated heterocycles. The number of halogens is 2. The Labute approximate surface area is 117 Å². The highest BCUT2D eigenvalue weighted by atomic mass is 35.5. The van der Waals surface area contributed by atoms with Crippen molar-refractivity contribution in [2.45, 2.75) is 13.2 Å². The molecule has 0 heterocycles. The van der Waals surface area contributed by atoms with E-state index in [9.17, 15) is 9.50 Å². The largest absolute Gasteiger partial charge is 0.392 e. The zero-order chi connectivity index (χ0) is 13.8. The summed E-state index contributed by atoms with van der Waals surface area (Å²) < 4.78 is 13.6. The molecule has 0 aliphatic heterocycles. The SMILES string of the molecule is CN(Cc1ccccc1F)c1cc(Cl)ccc1CO. The lowest BCUT2D eigenvalue weighted by Gasteiger charge is -2.22. The number of aliphatic hydroxyl groups is 1. The lowest BCUT2D eigenvalue weighted by Crippen LogP contribution is -2.18. The minimum absolute atomic E-state index is 0.0753. The molecule has 19 heavy (non-hydrogen) atoms. The third-order valence-corrected chi connectivity index (χ3v) is 3.23. The van der Waals surface area contributed by atoms with E-state index in [0.717, 1.165) is 11.3 Å². The van der Waals surface area contributed by atoms with Crippen LogP contribution in [0.2, 0.25) is 5.02 Å². The van der Waals surface area contributed by atoms with Gasteiger partial charge in [-0.15, -0.1) is 0 Å². The maximum Gasteiger partial charge on any atom is 0.128 e. The van der Waals surface area contributed by atoms with Crippen LogP contribution in [0.5, 0.6) is 0 Å².